The Hall–Kier alpha value is -0.720. The van der Waals surface area contributed by atoms with Gasteiger partial charge in [0.1, 0.15) is 0 Å². The lowest BCUT2D eigenvalue weighted by atomic mass is 10.3. The number of hydrogen-bond acceptors (Lipinski definition) is 1. The highest BCUT2D eigenvalue weighted by Gasteiger charge is 1.72. The van der Waals surface area contributed by atoms with Crippen LogP contribution in [0.1, 0.15) is 19.8 Å². The molecule has 0 aliphatic heterocycles. The van der Waals surface area contributed by atoms with Crippen LogP contribution in [-0.4, -0.2) is 0 Å². The summed E-state index contributed by atoms with van der Waals surface area (Å²) in [4.78, 5) is 0. The molecule has 2 N–H and O–H groups in total. The lowest BCUT2D eigenvalue weighted by Gasteiger charge is -1.84. The summed E-state index contributed by atoms with van der Waals surface area (Å²) in [6, 6.07) is 0. The van der Waals surface area contributed by atoms with Crippen LogP contribution in [0, 0.1) is 0 Å². The Labute approximate surface area is 50.9 Å². The lowest BCUT2D eigenvalue weighted by molar-refractivity contribution is 0.957. The number of allylic oxidation sites excluding steroid dienone is 2. The highest BCUT2D eigenvalue weighted by atomic mass is 14.5. The Morgan fingerprint density at radius 1 is 1.75 bits per heavy atom. The fraction of sp³-hybridized carbons (Fsp3) is 0.429. The van der Waals surface area contributed by atoms with Gasteiger partial charge >= 0.3 is 0 Å². The van der Waals surface area contributed by atoms with Crippen LogP contribution in [0.25, 0.3) is 0 Å². The summed E-state index contributed by atoms with van der Waals surface area (Å²) in [7, 11) is 0. The molecule has 0 unspecified atom stereocenters. The largest absolute Gasteiger partial charge is 0.399 e. The highest BCUT2D eigenvalue weighted by molar-refractivity contribution is 5.09. The maximum absolute atomic E-state index is 5.25. The molecule has 0 fully saturated rings. The van der Waals surface area contributed by atoms with E-state index in [9.17, 15) is 0 Å². The molecule has 0 saturated carbocycles. The van der Waals surface area contributed by atoms with Crippen molar-refractivity contribution in [2.45, 2.75) is 19.8 Å². The Morgan fingerprint density at radius 2 is 2.38 bits per heavy atom. The van der Waals surface area contributed by atoms with Crippen molar-refractivity contribution in [1.82, 2.24) is 0 Å². The van der Waals surface area contributed by atoms with E-state index < -0.39 is 0 Å². The third-order valence-corrected chi connectivity index (χ3v) is 0.787. The molecule has 0 aromatic carbocycles. The molecule has 0 spiro atoms. The van der Waals surface area contributed by atoms with E-state index >= 15 is 0 Å². The lowest BCUT2D eigenvalue weighted by Crippen LogP contribution is -1.87. The Kier molecular flexibility index (Phi) is 4.04. The first-order valence-corrected chi connectivity index (χ1v) is 2.88. The van der Waals surface area contributed by atoms with E-state index in [2.05, 4.69) is 13.5 Å². The van der Waals surface area contributed by atoms with Gasteiger partial charge in [0.25, 0.3) is 0 Å². The second-order valence-corrected chi connectivity index (χ2v) is 1.77. The molecule has 46 valence electrons. The predicted molar refractivity (Wildman–Crippen MR) is 37.4 cm³/mol. The van der Waals surface area contributed by atoms with Gasteiger partial charge in [0.2, 0.25) is 0 Å². The Balaban J connectivity index is 3.20. The van der Waals surface area contributed by atoms with Gasteiger partial charge in [0.15, 0.2) is 0 Å². The second kappa shape index (κ2) is 4.44. The second-order valence-electron chi connectivity index (χ2n) is 1.77. The first-order chi connectivity index (χ1) is 3.77. The standard InChI is InChI=1S/C7H13N/c1-3-4-5-6-7(2)8/h5-6H,2-4,8H2,1H3/b6-5-. The molecule has 0 amide bonds. The molecule has 0 aliphatic rings. The van der Waals surface area contributed by atoms with Crippen molar-refractivity contribution in [2.24, 2.45) is 5.73 Å². The van der Waals surface area contributed by atoms with E-state index in [1.54, 1.807) is 0 Å². The number of nitrogens with two attached hydrogens (primary N) is 1. The fourth-order valence-corrected chi connectivity index (χ4v) is 0.401. The first-order valence-electron chi connectivity index (χ1n) is 2.88. The van der Waals surface area contributed by atoms with Gasteiger partial charge in [-0.05, 0) is 12.5 Å². The minimum Gasteiger partial charge on any atom is -0.399 e. The van der Waals surface area contributed by atoms with E-state index in [-0.39, 0.29) is 0 Å². The summed E-state index contributed by atoms with van der Waals surface area (Å²) < 4.78 is 0. The molecule has 1 heteroatoms. The molecule has 0 aliphatic carbocycles. The van der Waals surface area contributed by atoms with Gasteiger partial charge < -0.3 is 5.73 Å². The summed E-state index contributed by atoms with van der Waals surface area (Å²) in [5.41, 5.74) is 5.89. The van der Waals surface area contributed by atoms with Crippen molar-refractivity contribution in [3.05, 3.63) is 24.4 Å². The molecule has 0 atom stereocenters. The smallest absolute Gasteiger partial charge is 0.0237 e. The van der Waals surface area contributed by atoms with Gasteiger partial charge in [-0.25, -0.2) is 0 Å². The summed E-state index contributed by atoms with van der Waals surface area (Å²) in [5, 5.41) is 0. The maximum atomic E-state index is 5.25. The molecule has 0 rings (SSSR count). The molecule has 8 heavy (non-hydrogen) atoms. The van der Waals surface area contributed by atoms with Crippen molar-refractivity contribution < 1.29 is 0 Å². The SMILES string of the molecule is C=C(N)/C=C\CCC. The number of rotatable bonds is 3. The third kappa shape index (κ3) is 5.28. The van der Waals surface area contributed by atoms with Gasteiger partial charge in [0, 0.05) is 5.70 Å². The van der Waals surface area contributed by atoms with E-state index in [0.29, 0.717) is 5.70 Å². The number of hydrogen-bond donors (Lipinski definition) is 1. The fourth-order valence-electron chi connectivity index (χ4n) is 0.401. The van der Waals surface area contributed by atoms with Crippen LogP contribution < -0.4 is 5.73 Å². The average Bonchev–Trinajstić information content (AvgIpc) is 1.66. The van der Waals surface area contributed by atoms with E-state index in [4.69, 9.17) is 5.73 Å². The van der Waals surface area contributed by atoms with Crippen LogP contribution in [0.5, 0.6) is 0 Å². The van der Waals surface area contributed by atoms with Crippen molar-refractivity contribution in [3.63, 3.8) is 0 Å². The van der Waals surface area contributed by atoms with Gasteiger partial charge in [0.05, 0.1) is 0 Å². The maximum Gasteiger partial charge on any atom is 0.0237 e. The Bertz CT molecular complexity index is 92.6. The monoisotopic (exact) mass is 111 g/mol. The predicted octanol–water partition coefficient (Wildman–Crippen LogP) is 1.82. The van der Waals surface area contributed by atoms with Gasteiger partial charge in [-0.1, -0.05) is 26.0 Å². The molecular formula is C7H13N. The third-order valence-electron chi connectivity index (χ3n) is 0.787. The normalized spacial score (nSPS) is 10.1. The Morgan fingerprint density at radius 3 is 2.75 bits per heavy atom. The molecule has 0 aromatic rings. The quantitative estimate of drug-likeness (QED) is 0.552. The molecule has 0 bridgehead atoms. The van der Waals surface area contributed by atoms with Crippen molar-refractivity contribution in [3.8, 4) is 0 Å². The van der Waals surface area contributed by atoms with Crippen LogP contribution >= 0.6 is 0 Å². The van der Waals surface area contributed by atoms with Crippen molar-refractivity contribution in [2.75, 3.05) is 0 Å². The van der Waals surface area contributed by atoms with Gasteiger partial charge in [-0.2, -0.15) is 0 Å². The molecular weight excluding hydrogens is 98.1 g/mol. The first kappa shape index (κ1) is 7.28. The van der Waals surface area contributed by atoms with Gasteiger partial charge in [-0.3, -0.25) is 0 Å². The van der Waals surface area contributed by atoms with Gasteiger partial charge in [-0.15, -0.1) is 0 Å². The summed E-state index contributed by atoms with van der Waals surface area (Å²) in [6.45, 7) is 5.65. The van der Waals surface area contributed by atoms with Crippen LogP contribution in [0.2, 0.25) is 0 Å². The summed E-state index contributed by atoms with van der Waals surface area (Å²) in [6.07, 6.45) is 6.13. The minimum absolute atomic E-state index is 0.637. The van der Waals surface area contributed by atoms with E-state index in [1.165, 1.54) is 6.42 Å². The molecule has 0 saturated heterocycles. The minimum atomic E-state index is 0.637. The molecule has 1 nitrogen and oxygen atoms in total. The van der Waals surface area contributed by atoms with Crippen molar-refractivity contribution in [1.29, 1.82) is 0 Å². The van der Waals surface area contributed by atoms with Crippen LogP contribution in [0.15, 0.2) is 24.4 Å². The topological polar surface area (TPSA) is 26.0 Å². The highest BCUT2D eigenvalue weighted by Crippen LogP contribution is 1.89. The van der Waals surface area contributed by atoms with E-state index in [0.717, 1.165) is 6.42 Å². The van der Waals surface area contributed by atoms with Crippen molar-refractivity contribution >= 4 is 0 Å². The van der Waals surface area contributed by atoms with E-state index in [1.807, 2.05) is 12.2 Å². The van der Waals surface area contributed by atoms with Crippen LogP contribution in [0.3, 0.4) is 0 Å². The van der Waals surface area contributed by atoms with Crippen LogP contribution in [-0.2, 0) is 0 Å². The summed E-state index contributed by atoms with van der Waals surface area (Å²) in [5.74, 6) is 0. The average molecular weight is 111 g/mol. The molecule has 0 heterocycles. The zero-order valence-electron chi connectivity index (χ0n) is 5.35. The zero-order chi connectivity index (χ0) is 6.41. The van der Waals surface area contributed by atoms with Crippen LogP contribution in [0.4, 0.5) is 0 Å². The summed E-state index contributed by atoms with van der Waals surface area (Å²) >= 11 is 0. The zero-order valence-corrected chi connectivity index (χ0v) is 5.35. The molecule has 0 radical (unpaired) electrons. The molecule has 0 aromatic heterocycles. The number of unbranched alkanes of at least 4 members (excludes halogenated alkanes) is 1.